The van der Waals surface area contributed by atoms with E-state index in [1.807, 2.05) is 24.3 Å². The van der Waals surface area contributed by atoms with E-state index >= 15 is 0 Å². The van der Waals surface area contributed by atoms with Crippen molar-refractivity contribution in [3.8, 4) is 0 Å². The Hall–Kier alpha value is -1.85. The first kappa shape index (κ1) is 16.5. The second kappa shape index (κ2) is 6.94. The molecule has 0 aliphatic rings. The quantitative estimate of drug-likeness (QED) is 0.632. The van der Waals surface area contributed by atoms with Crippen LogP contribution >= 0.6 is 22.9 Å². The Bertz CT molecular complexity index is 736. The monoisotopic (exact) mass is 337 g/mol. The van der Waals surface area contributed by atoms with Gasteiger partial charge in [0.05, 0.1) is 5.02 Å². The number of fused-ring (bicyclic) bond motifs is 1. The highest BCUT2D eigenvalue weighted by Crippen LogP contribution is 2.35. The zero-order valence-electron chi connectivity index (χ0n) is 12.5. The zero-order chi connectivity index (χ0) is 16.3. The molecule has 1 aromatic carbocycles. The maximum atomic E-state index is 11.8. The molecule has 2 rings (SSSR count). The van der Waals surface area contributed by atoms with Crippen molar-refractivity contribution >= 4 is 51.0 Å². The first-order chi connectivity index (χ1) is 10.4. The summed E-state index contributed by atoms with van der Waals surface area (Å²) in [6.07, 6.45) is 2.09. The van der Waals surface area contributed by atoms with E-state index < -0.39 is 12.1 Å². The number of carbonyl (C=O) groups is 2. The van der Waals surface area contributed by atoms with Gasteiger partial charge < -0.3 is 9.64 Å². The molecular weight excluding hydrogens is 322 g/mol. The lowest BCUT2D eigenvalue weighted by Crippen LogP contribution is -2.34. The Kier molecular flexibility index (Phi) is 5.21. The van der Waals surface area contributed by atoms with Crippen LogP contribution in [0.25, 0.3) is 16.2 Å². The van der Waals surface area contributed by atoms with Gasteiger partial charge in [0.2, 0.25) is 0 Å². The lowest BCUT2D eigenvalue weighted by atomic mass is 10.2. The molecule has 0 radical (unpaired) electrons. The molecule has 1 atom stereocenters. The average Bonchev–Trinajstić information content (AvgIpc) is 2.81. The van der Waals surface area contributed by atoms with Crippen LogP contribution in [-0.2, 0) is 14.3 Å². The number of carbonyl (C=O) groups excluding carboxylic acids is 2. The molecule has 0 fully saturated rings. The Labute approximate surface area is 137 Å². The Morgan fingerprint density at radius 3 is 2.64 bits per heavy atom. The molecule has 0 saturated carbocycles. The third-order valence-electron chi connectivity index (χ3n) is 3.01. The minimum Gasteiger partial charge on any atom is -0.449 e. The van der Waals surface area contributed by atoms with E-state index in [-0.39, 0.29) is 5.91 Å². The molecule has 0 N–H and O–H groups in total. The summed E-state index contributed by atoms with van der Waals surface area (Å²) in [5.41, 5.74) is 0. The van der Waals surface area contributed by atoms with Crippen molar-refractivity contribution in [1.82, 2.24) is 4.90 Å². The molecule has 4 nitrogen and oxygen atoms in total. The van der Waals surface area contributed by atoms with E-state index in [1.165, 1.54) is 22.3 Å². The summed E-state index contributed by atoms with van der Waals surface area (Å²) in [5, 5.41) is 1.57. The molecule has 0 aliphatic heterocycles. The fourth-order valence-corrected chi connectivity index (χ4v) is 3.31. The third-order valence-corrected chi connectivity index (χ3v) is 4.67. The molecule has 0 spiro atoms. The largest absolute Gasteiger partial charge is 0.449 e. The highest BCUT2D eigenvalue weighted by Gasteiger charge is 2.18. The smallest absolute Gasteiger partial charge is 0.331 e. The lowest BCUT2D eigenvalue weighted by Gasteiger charge is -2.16. The third kappa shape index (κ3) is 3.67. The van der Waals surface area contributed by atoms with Gasteiger partial charge in [-0.25, -0.2) is 4.79 Å². The van der Waals surface area contributed by atoms with Crippen molar-refractivity contribution in [3.05, 3.63) is 40.2 Å². The number of hydrogen-bond acceptors (Lipinski definition) is 4. The van der Waals surface area contributed by atoms with Crippen LogP contribution in [0.1, 0.15) is 11.8 Å². The molecule has 0 unspecified atom stereocenters. The minimum atomic E-state index is -0.815. The van der Waals surface area contributed by atoms with Gasteiger partial charge in [0, 0.05) is 35.1 Å². The van der Waals surface area contributed by atoms with Gasteiger partial charge in [0.15, 0.2) is 6.10 Å². The van der Waals surface area contributed by atoms with Gasteiger partial charge in [0.25, 0.3) is 5.91 Å². The Morgan fingerprint density at radius 1 is 1.32 bits per heavy atom. The topological polar surface area (TPSA) is 46.6 Å². The van der Waals surface area contributed by atoms with Crippen LogP contribution in [0.4, 0.5) is 0 Å². The second-order valence-corrected chi connectivity index (χ2v) is 6.38. The number of amides is 1. The molecule has 1 aromatic heterocycles. The number of hydrogen-bond donors (Lipinski definition) is 0. The number of esters is 1. The van der Waals surface area contributed by atoms with E-state index in [1.54, 1.807) is 27.1 Å². The summed E-state index contributed by atoms with van der Waals surface area (Å²) >= 11 is 7.78. The van der Waals surface area contributed by atoms with E-state index in [0.717, 1.165) is 15.0 Å². The molecule has 6 heteroatoms. The first-order valence-electron chi connectivity index (χ1n) is 6.67. The van der Waals surface area contributed by atoms with Crippen LogP contribution in [0.2, 0.25) is 5.02 Å². The second-order valence-electron chi connectivity index (χ2n) is 4.92. The van der Waals surface area contributed by atoms with Gasteiger partial charge in [-0.15, -0.1) is 11.3 Å². The summed E-state index contributed by atoms with van der Waals surface area (Å²) in [6.45, 7) is 1.54. The van der Waals surface area contributed by atoms with Crippen LogP contribution in [-0.4, -0.2) is 37.0 Å². The first-order valence-corrected chi connectivity index (χ1v) is 7.86. The standard InChI is InChI=1S/C16H16ClNO3S/c1-10(16(20)18(2)3)21-14(19)9-8-13-15(17)11-6-4-5-7-12(11)22-13/h4-10H,1-3H3/b9-8+/t10-/m1/s1. The number of thiophene rings is 1. The van der Waals surface area contributed by atoms with Crippen LogP contribution in [0.5, 0.6) is 0 Å². The van der Waals surface area contributed by atoms with Gasteiger partial charge >= 0.3 is 5.97 Å². The van der Waals surface area contributed by atoms with Gasteiger partial charge in [0.1, 0.15) is 0 Å². The van der Waals surface area contributed by atoms with Gasteiger partial charge in [-0.2, -0.15) is 0 Å². The highest BCUT2D eigenvalue weighted by atomic mass is 35.5. The molecule has 22 heavy (non-hydrogen) atoms. The summed E-state index contributed by atoms with van der Waals surface area (Å²) in [4.78, 5) is 25.6. The van der Waals surface area contributed by atoms with Crippen molar-refractivity contribution in [2.45, 2.75) is 13.0 Å². The van der Waals surface area contributed by atoms with Crippen LogP contribution < -0.4 is 0 Å². The Morgan fingerprint density at radius 2 is 2.00 bits per heavy atom. The van der Waals surface area contributed by atoms with Crippen molar-refractivity contribution in [1.29, 1.82) is 0 Å². The number of nitrogens with zero attached hydrogens (tertiary/aromatic N) is 1. The average molecular weight is 338 g/mol. The number of benzene rings is 1. The fourth-order valence-electron chi connectivity index (χ4n) is 1.91. The van der Waals surface area contributed by atoms with E-state index in [4.69, 9.17) is 16.3 Å². The van der Waals surface area contributed by atoms with Crippen molar-refractivity contribution < 1.29 is 14.3 Å². The molecule has 0 bridgehead atoms. The zero-order valence-corrected chi connectivity index (χ0v) is 14.1. The molecule has 0 saturated heterocycles. The maximum Gasteiger partial charge on any atom is 0.331 e. The maximum absolute atomic E-state index is 11.8. The van der Waals surface area contributed by atoms with Crippen molar-refractivity contribution in [2.75, 3.05) is 14.1 Å². The predicted octanol–water partition coefficient (Wildman–Crippen LogP) is 3.59. The van der Waals surface area contributed by atoms with Gasteiger partial charge in [-0.1, -0.05) is 29.8 Å². The number of halogens is 1. The molecule has 116 valence electrons. The van der Waals surface area contributed by atoms with E-state index in [9.17, 15) is 9.59 Å². The van der Waals surface area contributed by atoms with Crippen LogP contribution in [0, 0.1) is 0 Å². The summed E-state index contributed by atoms with van der Waals surface area (Å²) in [7, 11) is 3.22. The van der Waals surface area contributed by atoms with E-state index in [0.29, 0.717) is 5.02 Å². The fraction of sp³-hybridized carbons (Fsp3) is 0.250. The molecule has 0 aliphatic carbocycles. The SMILES string of the molecule is C[C@@H](OC(=O)/C=C/c1sc2ccccc2c1Cl)C(=O)N(C)C. The number of rotatable bonds is 4. The van der Waals surface area contributed by atoms with Crippen molar-refractivity contribution in [2.24, 2.45) is 0 Å². The van der Waals surface area contributed by atoms with Crippen molar-refractivity contribution in [3.63, 3.8) is 0 Å². The normalized spacial score (nSPS) is 12.5. The van der Waals surface area contributed by atoms with Gasteiger partial charge in [-0.3, -0.25) is 4.79 Å². The van der Waals surface area contributed by atoms with E-state index in [2.05, 4.69) is 0 Å². The van der Waals surface area contributed by atoms with Crippen LogP contribution in [0.15, 0.2) is 30.3 Å². The number of likely N-dealkylation sites (N-methyl/N-ethyl adjacent to an activating group) is 1. The molecule has 1 heterocycles. The van der Waals surface area contributed by atoms with Crippen LogP contribution in [0.3, 0.4) is 0 Å². The molecule has 2 aromatic rings. The summed E-state index contributed by atoms with van der Waals surface area (Å²) < 4.78 is 6.11. The lowest BCUT2D eigenvalue weighted by molar-refractivity contribution is -0.153. The predicted molar refractivity (Wildman–Crippen MR) is 90.1 cm³/mol. The molecular formula is C16H16ClNO3S. The van der Waals surface area contributed by atoms with Gasteiger partial charge in [-0.05, 0) is 19.1 Å². The highest BCUT2D eigenvalue weighted by molar-refractivity contribution is 7.20. The Balaban J connectivity index is 2.09. The summed E-state index contributed by atoms with van der Waals surface area (Å²) in [5.74, 6) is -0.835. The number of ether oxygens (including phenoxy) is 1. The molecule has 1 amide bonds. The minimum absolute atomic E-state index is 0.262. The summed E-state index contributed by atoms with van der Waals surface area (Å²) in [6, 6.07) is 7.75.